The minimum atomic E-state index is -0.484. The van der Waals surface area contributed by atoms with Gasteiger partial charge in [0.1, 0.15) is 18.0 Å². The van der Waals surface area contributed by atoms with Crippen molar-refractivity contribution in [2.75, 3.05) is 38.3 Å². The second-order valence-corrected chi connectivity index (χ2v) is 8.08. The Hall–Kier alpha value is -3.43. The summed E-state index contributed by atoms with van der Waals surface area (Å²) in [5.41, 5.74) is 3.81. The quantitative estimate of drug-likeness (QED) is 0.409. The molecule has 0 atom stereocenters. The number of aromatic nitrogens is 3. The molecule has 0 aliphatic carbocycles. The number of ether oxygens (including phenoxy) is 2. The fourth-order valence-electron chi connectivity index (χ4n) is 4.04. The molecule has 2 N–H and O–H groups in total. The van der Waals surface area contributed by atoms with Gasteiger partial charge in [-0.05, 0) is 31.0 Å². The molecular formula is C24H25FN4O4. The summed E-state index contributed by atoms with van der Waals surface area (Å²) < 4.78 is 30.4. The van der Waals surface area contributed by atoms with Crippen LogP contribution in [0, 0.1) is 5.82 Å². The van der Waals surface area contributed by atoms with Crippen molar-refractivity contribution in [3.63, 3.8) is 0 Å². The van der Waals surface area contributed by atoms with Gasteiger partial charge in [-0.1, -0.05) is 17.3 Å². The third kappa shape index (κ3) is 4.42. The number of H-pyrrole nitrogens is 1. The molecule has 0 bridgehead atoms. The van der Waals surface area contributed by atoms with Crippen molar-refractivity contribution in [2.24, 2.45) is 0 Å². The number of aromatic amines is 1. The van der Waals surface area contributed by atoms with Crippen molar-refractivity contribution in [3.05, 3.63) is 48.3 Å². The number of anilines is 1. The standard InChI is InChI=1S/C24H25FN4O4/c1-31-10-11-32-22-14-21-18(12-19(22)25)24(27-26-21)23-13-20(28-33-23)15-2-4-16(5-3-15)29-8-6-17(30)7-9-29/h2-5,12-14,17,30H,6-11H2,1H3,(H,26,27). The van der Waals surface area contributed by atoms with Crippen molar-refractivity contribution >= 4 is 16.6 Å². The maximum atomic E-state index is 14.5. The summed E-state index contributed by atoms with van der Waals surface area (Å²) in [6.45, 7) is 2.31. The number of fused-ring (bicyclic) bond motifs is 1. The molecule has 1 aliphatic heterocycles. The van der Waals surface area contributed by atoms with Crippen LogP contribution in [0.4, 0.5) is 10.1 Å². The van der Waals surface area contributed by atoms with Gasteiger partial charge in [0.15, 0.2) is 17.3 Å². The van der Waals surface area contributed by atoms with E-state index in [1.165, 1.54) is 6.07 Å². The van der Waals surface area contributed by atoms with Crippen LogP contribution in [0.3, 0.4) is 0 Å². The van der Waals surface area contributed by atoms with E-state index in [-0.39, 0.29) is 18.5 Å². The van der Waals surface area contributed by atoms with Crippen LogP contribution in [-0.2, 0) is 4.74 Å². The van der Waals surface area contributed by atoms with Crippen molar-refractivity contribution in [1.29, 1.82) is 0 Å². The smallest absolute Gasteiger partial charge is 0.188 e. The summed E-state index contributed by atoms with van der Waals surface area (Å²) in [6, 6.07) is 12.8. The van der Waals surface area contributed by atoms with Gasteiger partial charge in [-0.3, -0.25) is 5.10 Å². The monoisotopic (exact) mass is 452 g/mol. The van der Waals surface area contributed by atoms with E-state index >= 15 is 0 Å². The van der Waals surface area contributed by atoms with Crippen LogP contribution in [0.1, 0.15) is 12.8 Å². The predicted molar refractivity (Wildman–Crippen MR) is 122 cm³/mol. The number of halogens is 1. The summed E-state index contributed by atoms with van der Waals surface area (Å²) in [5.74, 6) is 0.0934. The summed E-state index contributed by atoms with van der Waals surface area (Å²) >= 11 is 0. The van der Waals surface area contributed by atoms with Crippen LogP contribution in [0.15, 0.2) is 47.0 Å². The van der Waals surface area contributed by atoms with Gasteiger partial charge >= 0.3 is 0 Å². The highest BCUT2D eigenvalue weighted by atomic mass is 19.1. The van der Waals surface area contributed by atoms with E-state index in [1.54, 1.807) is 19.2 Å². The number of rotatable bonds is 7. The Bertz CT molecular complexity index is 1230. The number of aliphatic hydroxyl groups excluding tert-OH is 1. The zero-order valence-corrected chi connectivity index (χ0v) is 18.3. The van der Waals surface area contributed by atoms with E-state index in [2.05, 4.69) is 20.3 Å². The number of hydrogen-bond acceptors (Lipinski definition) is 7. The minimum absolute atomic E-state index is 0.135. The first-order valence-electron chi connectivity index (χ1n) is 10.9. The molecule has 1 aliphatic rings. The zero-order valence-electron chi connectivity index (χ0n) is 18.3. The third-order valence-electron chi connectivity index (χ3n) is 5.90. The maximum absolute atomic E-state index is 14.5. The molecule has 0 spiro atoms. The fourth-order valence-corrected chi connectivity index (χ4v) is 4.04. The van der Waals surface area contributed by atoms with Crippen molar-refractivity contribution < 1.29 is 23.5 Å². The Balaban J connectivity index is 1.35. The molecule has 1 fully saturated rings. The van der Waals surface area contributed by atoms with E-state index in [4.69, 9.17) is 14.0 Å². The lowest BCUT2D eigenvalue weighted by atomic mass is 10.1. The Morgan fingerprint density at radius 2 is 1.94 bits per heavy atom. The Labute approximate surface area is 189 Å². The fraction of sp³-hybridized carbons (Fsp3) is 0.333. The first-order chi connectivity index (χ1) is 16.1. The highest BCUT2D eigenvalue weighted by molar-refractivity contribution is 5.92. The van der Waals surface area contributed by atoms with Crippen LogP contribution in [-0.4, -0.2) is 60.0 Å². The second kappa shape index (κ2) is 9.21. The molecule has 8 nitrogen and oxygen atoms in total. The minimum Gasteiger partial charge on any atom is -0.488 e. The van der Waals surface area contributed by atoms with Crippen molar-refractivity contribution in [2.45, 2.75) is 18.9 Å². The molecule has 33 heavy (non-hydrogen) atoms. The van der Waals surface area contributed by atoms with Gasteiger partial charge in [-0.2, -0.15) is 5.10 Å². The summed E-state index contributed by atoms with van der Waals surface area (Å²) in [4.78, 5) is 2.27. The lowest BCUT2D eigenvalue weighted by molar-refractivity contribution is 0.144. The van der Waals surface area contributed by atoms with E-state index in [1.807, 2.05) is 24.3 Å². The molecule has 0 unspecified atom stereocenters. The summed E-state index contributed by atoms with van der Waals surface area (Å²) in [7, 11) is 1.56. The zero-order chi connectivity index (χ0) is 22.8. The predicted octanol–water partition coefficient (Wildman–Crippen LogP) is 4.01. The molecule has 4 aromatic rings. The van der Waals surface area contributed by atoms with Gasteiger partial charge in [-0.25, -0.2) is 4.39 Å². The topological polar surface area (TPSA) is 96.6 Å². The molecule has 9 heteroatoms. The molecule has 2 aromatic carbocycles. The second-order valence-electron chi connectivity index (χ2n) is 8.08. The first-order valence-corrected chi connectivity index (χ1v) is 10.9. The summed E-state index contributed by atoms with van der Waals surface area (Å²) in [5, 5.41) is 21.7. The lowest BCUT2D eigenvalue weighted by Gasteiger charge is -2.31. The number of benzene rings is 2. The number of nitrogens with one attached hydrogen (secondary N) is 1. The average Bonchev–Trinajstić information content (AvgIpc) is 3.47. The number of nitrogens with zero attached hydrogens (tertiary/aromatic N) is 3. The molecule has 3 heterocycles. The third-order valence-corrected chi connectivity index (χ3v) is 5.90. The van der Waals surface area contributed by atoms with E-state index in [0.717, 1.165) is 37.2 Å². The molecule has 5 rings (SSSR count). The average molecular weight is 452 g/mol. The van der Waals surface area contributed by atoms with E-state index < -0.39 is 5.82 Å². The van der Waals surface area contributed by atoms with Gasteiger partial charge in [-0.15, -0.1) is 0 Å². The Morgan fingerprint density at radius 1 is 1.15 bits per heavy atom. The molecular weight excluding hydrogens is 427 g/mol. The van der Waals surface area contributed by atoms with Gasteiger partial charge in [0.25, 0.3) is 0 Å². The Morgan fingerprint density at radius 3 is 2.70 bits per heavy atom. The molecule has 0 amide bonds. The first kappa shape index (κ1) is 21.4. The Kier molecular flexibility index (Phi) is 5.97. The number of piperidine rings is 1. The van der Waals surface area contributed by atoms with Crippen LogP contribution >= 0.6 is 0 Å². The maximum Gasteiger partial charge on any atom is 0.188 e. The van der Waals surface area contributed by atoms with Gasteiger partial charge in [0.2, 0.25) is 0 Å². The van der Waals surface area contributed by atoms with Crippen LogP contribution in [0.25, 0.3) is 33.6 Å². The number of methoxy groups -OCH3 is 1. The van der Waals surface area contributed by atoms with E-state index in [9.17, 15) is 9.50 Å². The number of aliphatic hydroxyl groups is 1. The van der Waals surface area contributed by atoms with E-state index in [0.29, 0.717) is 34.7 Å². The van der Waals surface area contributed by atoms with Gasteiger partial charge < -0.3 is 24.0 Å². The number of hydrogen-bond donors (Lipinski definition) is 2. The summed E-state index contributed by atoms with van der Waals surface area (Å²) in [6.07, 6.45) is 1.37. The molecule has 0 radical (unpaired) electrons. The molecule has 2 aromatic heterocycles. The van der Waals surface area contributed by atoms with Crippen LogP contribution < -0.4 is 9.64 Å². The van der Waals surface area contributed by atoms with Crippen LogP contribution in [0.2, 0.25) is 0 Å². The van der Waals surface area contributed by atoms with Crippen LogP contribution in [0.5, 0.6) is 5.75 Å². The normalized spacial score (nSPS) is 14.8. The van der Waals surface area contributed by atoms with Crippen molar-refractivity contribution in [3.8, 4) is 28.5 Å². The SMILES string of the molecule is COCCOc1cc2[nH]nc(-c3cc(-c4ccc(N5CCC(O)CC5)cc4)no3)c2cc1F. The molecule has 172 valence electrons. The lowest BCUT2D eigenvalue weighted by Crippen LogP contribution is -2.35. The highest BCUT2D eigenvalue weighted by Gasteiger charge is 2.19. The largest absolute Gasteiger partial charge is 0.488 e. The molecule has 1 saturated heterocycles. The molecule has 0 saturated carbocycles. The highest BCUT2D eigenvalue weighted by Crippen LogP contribution is 2.33. The van der Waals surface area contributed by atoms with Gasteiger partial charge in [0, 0.05) is 49.0 Å². The van der Waals surface area contributed by atoms with Gasteiger partial charge in [0.05, 0.1) is 18.2 Å². The van der Waals surface area contributed by atoms with Crippen molar-refractivity contribution in [1.82, 2.24) is 15.4 Å².